The smallest absolute Gasteiger partial charge is 0.287 e. The highest BCUT2D eigenvalue weighted by Crippen LogP contribution is 2.24. The van der Waals surface area contributed by atoms with Crippen molar-refractivity contribution >= 4 is 39.4 Å². The summed E-state index contributed by atoms with van der Waals surface area (Å²) >= 11 is 7.65. The maximum Gasteiger partial charge on any atom is 0.287 e. The predicted octanol–water partition coefficient (Wildman–Crippen LogP) is 2.99. The first-order valence-electron chi connectivity index (χ1n) is 5.98. The molecule has 21 heavy (non-hydrogen) atoms. The van der Waals surface area contributed by atoms with Crippen LogP contribution in [-0.2, 0) is 6.54 Å². The van der Waals surface area contributed by atoms with Crippen LogP contribution in [0.15, 0.2) is 29.9 Å². The van der Waals surface area contributed by atoms with E-state index in [9.17, 15) is 10.1 Å². The first-order chi connectivity index (χ1) is 10.1. The molecule has 0 spiro atoms. The lowest BCUT2D eigenvalue weighted by molar-refractivity contribution is -0.385. The Hall–Kier alpha value is -2.19. The van der Waals surface area contributed by atoms with Gasteiger partial charge in [0.25, 0.3) is 5.69 Å². The molecule has 0 aliphatic heterocycles. The molecule has 0 aliphatic rings. The van der Waals surface area contributed by atoms with Crippen LogP contribution in [0, 0.1) is 10.1 Å². The van der Waals surface area contributed by atoms with Crippen molar-refractivity contribution < 1.29 is 4.92 Å². The van der Waals surface area contributed by atoms with Crippen molar-refractivity contribution in [1.82, 2.24) is 14.4 Å². The van der Waals surface area contributed by atoms with E-state index in [1.807, 2.05) is 27.9 Å². The summed E-state index contributed by atoms with van der Waals surface area (Å²) in [5.41, 5.74) is 0.824. The van der Waals surface area contributed by atoms with Gasteiger partial charge in [0.1, 0.15) is 12.0 Å². The molecule has 108 valence electrons. The van der Waals surface area contributed by atoms with Gasteiger partial charge in [0.15, 0.2) is 10.1 Å². The van der Waals surface area contributed by atoms with E-state index in [0.717, 1.165) is 10.7 Å². The molecule has 0 aliphatic carbocycles. The van der Waals surface area contributed by atoms with Gasteiger partial charge in [-0.15, -0.1) is 11.3 Å². The van der Waals surface area contributed by atoms with Gasteiger partial charge >= 0.3 is 0 Å². The minimum atomic E-state index is -0.473. The van der Waals surface area contributed by atoms with Gasteiger partial charge in [-0.05, 0) is 6.07 Å². The third-order valence-electron chi connectivity index (χ3n) is 3.03. The largest absolute Gasteiger partial charge is 0.354 e. The van der Waals surface area contributed by atoms with Crippen LogP contribution >= 0.6 is 22.9 Å². The molecule has 0 atom stereocenters. The van der Waals surface area contributed by atoms with E-state index in [1.165, 1.54) is 23.6 Å². The van der Waals surface area contributed by atoms with Crippen molar-refractivity contribution in [2.24, 2.45) is 0 Å². The van der Waals surface area contributed by atoms with Gasteiger partial charge in [0, 0.05) is 24.7 Å². The second kappa shape index (κ2) is 5.30. The number of hydrogen-bond acceptors (Lipinski definition) is 6. The van der Waals surface area contributed by atoms with Gasteiger partial charge in [-0.25, -0.2) is 9.97 Å². The highest BCUT2D eigenvalue weighted by atomic mass is 35.5. The first kappa shape index (κ1) is 13.8. The van der Waals surface area contributed by atoms with E-state index in [1.54, 1.807) is 6.07 Å². The van der Waals surface area contributed by atoms with Gasteiger partial charge in [0.2, 0.25) is 0 Å². The molecule has 0 radical (unpaired) electrons. The highest BCUT2D eigenvalue weighted by molar-refractivity contribution is 7.15. The van der Waals surface area contributed by atoms with Crippen molar-refractivity contribution in [3.05, 3.63) is 50.9 Å². The number of nitrogens with zero attached hydrogens (tertiary/aromatic N) is 5. The Morgan fingerprint density at radius 2 is 2.33 bits per heavy atom. The summed E-state index contributed by atoms with van der Waals surface area (Å²) < 4.78 is 1.93. The summed E-state index contributed by atoms with van der Waals surface area (Å²) in [5, 5.41) is 13.0. The lowest BCUT2D eigenvalue weighted by atomic mass is 10.3. The number of halogens is 1. The molecular weight excluding hydrogens is 314 g/mol. The number of nitro groups is 1. The summed E-state index contributed by atoms with van der Waals surface area (Å²) in [7, 11) is 1.84. The Kier molecular flexibility index (Phi) is 3.48. The zero-order valence-corrected chi connectivity index (χ0v) is 12.5. The van der Waals surface area contributed by atoms with E-state index in [-0.39, 0.29) is 5.69 Å². The van der Waals surface area contributed by atoms with E-state index < -0.39 is 4.92 Å². The van der Waals surface area contributed by atoms with Crippen LogP contribution in [-0.4, -0.2) is 26.3 Å². The third-order valence-corrected chi connectivity index (χ3v) is 4.09. The molecular formula is C12H10ClN5O2S. The summed E-state index contributed by atoms with van der Waals surface area (Å²) in [5.74, 6) is 0.627. The number of imidazole rings is 1. The molecule has 0 saturated carbocycles. The molecule has 3 rings (SSSR count). The number of thiazole rings is 1. The number of rotatable bonds is 4. The van der Waals surface area contributed by atoms with Crippen molar-refractivity contribution in [2.45, 2.75) is 6.54 Å². The Morgan fingerprint density at radius 3 is 3.00 bits per heavy atom. The fourth-order valence-electron chi connectivity index (χ4n) is 1.97. The molecule has 0 saturated heterocycles. The van der Waals surface area contributed by atoms with Crippen molar-refractivity contribution in [1.29, 1.82) is 0 Å². The van der Waals surface area contributed by atoms with E-state index in [4.69, 9.17) is 11.6 Å². The Morgan fingerprint density at radius 1 is 1.52 bits per heavy atom. The number of fused-ring (bicyclic) bond motifs is 1. The zero-order valence-electron chi connectivity index (χ0n) is 10.9. The predicted molar refractivity (Wildman–Crippen MR) is 81.1 cm³/mol. The fraction of sp³-hybridized carbons (Fsp3) is 0.167. The number of hydrogen-bond donors (Lipinski definition) is 0. The summed E-state index contributed by atoms with van der Waals surface area (Å²) in [6.45, 7) is 0.502. The van der Waals surface area contributed by atoms with Crippen molar-refractivity contribution in [3.63, 3.8) is 0 Å². The lowest BCUT2D eigenvalue weighted by Gasteiger charge is -2.17. The summed E-state index contributed by atoms with van der Waals surface area (Å²) in [6.07, 6.45) is 3.15. The monoisotopic (exact) mass is 323 g/mol. The van der Waals surface area contributed by atoms with Crippen LogP contribution < -0.4 is 4.90 Å². The Labute approximate surface area is 128 Å². The molecule has 0 amide bonds. The SMILES string of the molecule is CN(Cc1c(Cl)nc2sccn12)c1ccc([N+](=O)[O-])cn1. The molecule has 0 N–H and O–H groups in total. The summed E-state index contributed by atoms with van der Waals surface area (Å²) in [4.78, 5) is 21.2. The van der Waals surface area contributed by atoms with Crippen LogP contribution in [0.25, 0.3) is 4.96 Å². The maximum absolute atomic E-state index is 10.6. The summed E-state index contributed by atoms with van der Waals surface area (Å²) in [6, 6.07) is 3.04. The van der Waals surface area contributed by atoms with Crippen molar-refractivity contribution in [2.75, 3.05) is 11.9 Å². The molecule has 7 nitrogen and oxygen atoms in total. The fourth-order valence-corrected chi connectivity index (χ4v) is 2.98. The van der Waals surface area contributed by atoms with E-state index in [2.05, 4.69) is 9.97 Å². The minimum Gasteiger partial charge on any atom is -0.354 e. The number of pyridine rings is 1. The number of anilines is 1. The molecule has 0 fully saturated rings. The second-order valence-electron chi connectivity index (χ2n) is 4.39. The third kappa shape index (κ3) is 2.55. The quantitative estimate of drug-likeness (QED) is 0.545. The van der Waals surface area contributed by atoms with Crippen LogP contribution in [0.4, 0.5) is 11.5 Å². The molecule has 3 aromatic rings. The topological polar surface area (TPSA) is 76.6 Å². The molecule has 0 unspecified atom stereocenters. The second-order valence-corrected chi connectivity index (χ2v) is 5.62. The average Bonchev–Trinajstić information content (AvgIpc) is 3.02. The highest BCUT2D eigenvalue weighted by Gasteiger charge is 2.15. The van der Waals surface area contributed by atoms with Crippen LogP contribution in [0.3, 0.4) is 0 Å². The van der Waals surface area contributed by atoms with Gasteiger partial charge < -0.3 is 4.90 Å². The van der Waals surface area contributed by atoms with E-state index in [0.29, 0.717) is 17.5 Å². The molecule has 0 bridgehead atoms. The Balaban J connectivity index is 1.85. The maximum atomic E-state index is 10.6. The van der Waals surface area contributed by atoms with Crippen LogP contribution in [0.1, 0.15) is 5.69 Å². The molecule has 3 aromatic heterocycles. The molecule has 0 aromatic carbocycles. The van der Waals surface area contributed by atoms with Crippen LogP contribution in [0.5, 0.6) is 0 Å². The van der Waals surface area contributed by atoms with Crippen LogP contribution in [0.2, 0.25) is 5.15 Å². The molecule has 3 heterocycles. The zero-order chi connectivity index (χ0) is 15.0. The normalized spacial score (nSPS) is 11.0. The minimum absolute atomic E-state index is 0.0326. The standard InChI is InChI=1S/C12H10ClN5O2S/c1-16(10-3-2-8(6-14-10)18(19)20)7-9-11(13)15-12-17(9)4-5-21-12/h2-6H,7H2,1H3. The van der Waals surface area contributed by atoms with Crippen molar-refractivity contribution in [3.8, 4) is 0 Å². The van der Waals surface area contributed by atoms with Gasteiger partial charge in [-0.1, -0.05) is 11.6 Å². The van der Waals surface area contributed by atoms with Gasteiger partial charge in [-0.2, -0.15) is 0 Å². The first-order valence-corrected chi connectivity index (χ1v) is 7.23. The molecule has 9 heteroatoms. The van der Waals surface area contributed by atoms with E-state index >= 15 is 0 Å². The lowest BCUT2D eigenvalue weighted by Crippen LogP contribution is -2.18. The average molecular weight is 324 g/mol. The Bertz CT molecular complexity index is 798. The number of aromatic nitrogens is 3. The van der Waals surface area contributed by atoms with Gasteiger partial charge in [0.05, 0.1) is 17.2 Å². The van der Waals surface area contributed by atoms with Gasteiger partial charge in [-0.3, -0.25) is 14.5 Å².